The number of allylic oxidation sites excluding steroid dienone is 4. The molecule has 0 spiro atoms. The molecule has 1 aliphatic carbocycles. The second-order valence-corrected chi connectivity index (χ2v) is 13.6. The van der Waals surface area contributed by atoms with E-state index in [4.69, 9.17) is 20.9 Å². The third kappa shape index (κ3) is 8.09. The average Bonchev–Trinajstić information content (AvgIpc) is 3.23. The SMILES string of the molecule is CC1CC(Oc2ccc(N)cc2)=CC=C1N(c1ccccc1)c1ccc(-c2ccc(N(c3ccccc3)c3ccc(Oc4ccc(N)cc4)cc3)cc2)cc1. The predicted octanol–water partition coefficient (Wildman–Crippen LogP) is 12.8. The van der Waals surface area contributed by atoms with Gasteiger partial charge in [-0.15, -0.1) is 0 Å². The van der Waals surface area contributed by atoms with Crippen LogP contribution in [0, 0.1) is 5.92 Å². The second-order valence-electron chi connectivity index (χ2n) is 13.6. The monoisotopic (exact) mass is 718 g/mol. The number of nitrogens with zero attached hydrogens (tertiary/aromatic N) is 2. The fourth-order valence-electron chi connectivity index (χ4n) is 6.86. The highest BCUT2D eigenvalue weighted by molar-refractivity contribution is 5.79. The first-order valence-corrected chi connectivity index (χ1v) is 18.5. The van der Waals surface area contributed by atoms with Gasteiger partial charge in [0, 0.05) is 57.8 Å². The van der Waals surface area contributed by atoms with Crippen LogP contribution in [0.15, 0.2) is 206 Å². The first kappa shape index (κ1) is 34.9. The van der Waals surface area contributed by atoms with Gasteiger partial charge in [0.05, 0.1) is 0 Å². The van der Waals surface area contributed by atoms with Crippen molar-refractivity contribution in [1.29, 1.82) is 0 Å². The first-order valence-electron chi connectivity index (χ1n) is 18.5. The smallest absolute Gasteiger partial charge is 0.127 e. The van der Waals surface area contributed by atoms with Gasteiger partial charge in [0.25, 0.3) is 0 Å². The quantitative estimate of drug-likeness (QED) is 0.130. The van der Waals surface area contributed by atoms with Crippen molar-refractivity contribution < 1.29 is 9.47 Å². The van der Waals surface area contributed by atoms with Gasteiger partial charge in [-0.25, -0.2) is 0 Å². The predicted molar refractivity (Wildman–Crippen MR) is 227 cm³/mol. The molecule has 0 aliphatic heterocycles. The van der Waals surface area contributed by atoms with Gasteiger partial charge in [0.2, 0.25) is 0 Å². The van der Waals surface area contributed by atoms with Gasteiger partial charge in [0.15, 0.2) is 0 Å². The Bertz CT molecular complexity index is 2390. The van der Waals surface area contributed by atoms with Gasteiger partial charge in [-0.05, 0) is 145 Å². The topological polar surface area (TPSA) is 77.0 Å². The number of ether oxygens (including phenoxy) is 2. The van der Waals surface area contributed by atoms with Gasteiger partial charge in [-0.2, -0.15) is 0 Å². The Morgan fingerprint density at radius 2 is 0.800 bits per heavy atom. The molecule has 4 N–H and O–H groups in total. The molecule has 55 heavy (non-hydrogen) atoms. The Morgan fingerprint density at radius 3 is 1.27 bits per heavy atom. The van der Waals surface area contributed by atoms with Gasteiger partial charge in [-0.1, -0.05) is 67.6 Å². The zero-order valence-corrected chi connectivity index (χ0v) is 30.6. The standard InChI is InChI=1S/C49H42N4O2/c1-35-34-48(55-46-28-18-39(51)19-29-46)32-33-49(35)53(41-10-6-3-7-11-41)44-22-14-37(15-23-44)36-12-20-42(21-13-36)52(40-8-4-2-5-9-40)43-24-30-47(31-25-43)54-45-26-16-38(50)17-27-45/h2-33,35H,34,50-51H2,1H3. The summed E-state index contributed by atoms with van der Waals surface area (Å²) >= 11 is 0. The van der Waals surface area contributed by atoms with Crippen LogP contribution in [0.1, 0.15) is 13.3 Å². The molecule has 0 bridgehead atoms. The number of rotatable bonds is 11. The molecular formula is C49H42N4O2. The average molecular weight is 719 g/mol. The van der Waals surface area contributed by atoms with Gasteiger partial charge in [0.1, 0.15) is 23.0 Å². The van der Waals surface area contributed by atoms with Crippen molar-refractivity contribution in [3.63, 3.8) is 0 Å². The summed E-state index contributed by atoms with van der Waals surface area (Å²) in [6.07, 6.45) is 5.05. The van der Waals surface area contributed by atoms with Crippen molar-refractivity contribution in [2.75, 3.05) is 21.3 Å². The number of nitrogen functional groups attached to an aromatic ring is 2. The Hall–Kier alpha value is -7.18. The Kier molecular flexibility index (Phi) is 10.0. The molecule has 0 saturated carbocycles. The van der Waals surface area contributed by atoms with Crippen molar-refractivity contribution in [1.82, 2.24) is 0 Å². The van der Waals surface area contributed by atoms with Crippen LogP contribution >= 0.6 is 0 Å². The summed E-state index contributed by atoms with van der Waals surface area (Å²) in [6.45, 7) is 2.25. The first-order chi connectivity index (χ1) is 27.0. The Morgan fingerprint density at radius 1 is 0.418 bits per heavy atom. The fraction of sp³-hybridized carbons (Fsp3) is 0.0612. The van der Waals surface area contributed by atoms with E-state index in [1.165, 1.54) is 5.70 Å². The van der Waals surface area contributed by atoms with Crippen LogP contribution in [0.4, 0.5) is 39.8 Å². The van der Waals surface area contributed by atoms with Gasteiger partial charge < -0.3 is 30.7 Å². The normalized spacial score (nSPS) is 13.7. The number of nitrogens with two attached hydrogens (primary N) is 2. The lowest BCUT2D eigenvalue weighted by atomic mass is 9.95. The molecule has 1 aliphatic rings. The molecule has 0 radical (unpaired) electrons. The van der Waals surface area contributed by atoms with Crippen LogP contribution in [0.5, 0.6) is 17.2 Å². The molecule has 0 saturated heterocycles. The third-order valence-corrected chi connectivity index (χ3v) is 9.66. The molecule has 7 aromatic carbocycles. The van der Waals surface area contributed by atoms with Crippen LogP contribution < -0.4 is 30.7 Å². The molecule has 270 valence electrons. The highest BCUT2D eigenvalue weighted by Crippen LogP contribution is 2.40. The van der Waals surface area contributed by atoms with Crippen molar-refractivity contribution in [3.8, 4) is 28.4 Å². The summed E-state index contributed by atoms with van der Waals surface area (Å²) in [6, 6.07) is 61.6. The molecule has 1 atom stereocenters. The van der Waals surface area contributed by atoms with E-state index in [0.717, 1.165) is 74.7 Å². The molecule has 7 aromatic rings. The summed E-state index contributed by atoms with van der Waals surface area (Å²) in [5, 5.41) is 0. The highest BCUT2D eigenvalue weighted by atomic mass is 16.5. The molecule has 0 aromatic heterocycles. The second kappa shape index (κ2) is 15.8. The van der Waals surface area contributed by atoms with Crippen molar-refractivity contribution in [2.45, 2.75) is 13.3 Å². The van der Waals surface area contributed by atoms with E-state index in [1.807, 2.05) is 66.7 Å². The summed E-state index contributed by atoms with van der Waals surface area (Å²) in [4.78, 5) is 4.59. The minimum absolute atomic E-state index is 0.223. The van der Waals surface area contributed by atoms with E-state index in [-0.39, 0.29) is 5.92 Å². The lowest BCUT2D eigenvalue weighted by molar-refractivity contribution is 0.379. The minimum Gasteiger partial charge on any atom is -0.462 e. The lowest BCUT2D eigenvalue weighted by Gasteiger charge is -2.33. The van der Waals surface area contributed by atoms with Crippen LogP contribution in [0.2, 0.25) is 0 Å². The zero-order valence-electron chi connectivity index (χ0n) is 30.6. The number of para-hydroxylation sites is 2. The maximum atomic E-state index is 6.22. The van der Waals surface area contributed by atoms with Gasteiger partial charge >= 0.3 is 0 Å². The van der Waals surface area contributed by atoms with Crippen LogP contribution in [-0.4, -0.2) is 0 Å². The summed E-state index contributed by atoms with van der Waals surface area (Å²) in [5.74, 6) is 3.44. The fourth-order valence-corrected chi connectivity index (χ4v) is 6.86. The van der Waals surface area contributed by atoms with E-state index in [2.05, 4.69) is 144 Å². The molecule has 1 unspecified atom stereocenters. The lowest BCUT2D eigenvalue weighted by Crippen LogP contribution is -2.24. The number of benzene rings is 7. The molecule has 0 heterocycles. The van der Waals surface area contributed by atoms with Crippen LogP contribution in [0.3, 0.4) is 0 Å². The van der Waals surface area contributed by atoms with E-state index in [1.54, 1.807) is 0 Å². The Labute approximate surface area is 322 Å². The number of hydrogen-bond donors (Lipinski definition) is 2. The summed E-state index contributed by atoms with van der Waals surface area (Å²) < 4.78 is 12.3. The van der Waals surface area contributed by atoms with Gasteiger partial charge in [-0.3, -0.25) is 0 Å². The van der Waals surface area contributed by atoms with Crippen LogP contribution in [0.25, 0.3) is 11.1 Å². The molecule has 6 heteroatoms. The Balaban J connectivity index is 1.04. The maximum absolute atomic E-state index is 6.22. The van der Waals surface area contributed by atoms with Crippen molar-refractivity contribution in [2.24, 2.45) is 5.92 Å². The van der Waals surface area contributed by atoms with E-state index < -0.39 is 0 Å². The molecular weight excluding hydrogens is 677 g/mol. The van der Waals surface area contributed by atoms with Crippen molar-refractivity contribution >= 4 is 39.8 Å². The largest absolute Gasteiger partial charge is 0.462 e. The maximum Gasteiger partial charge on any atom is 0.127 e. The molecule has 0 fully saturated rings. The number of anilines is 7. The zero-order chi connectivity index (χ0) is 37.6. The van der Waals surface area contributed by atoms with Crippen LogP contribution in [-0.2, 0) is 0 Å². The van der Waals surface area contributed by atoms with Crippen molar-refractivity contribution in [3.05, 3.63) is 206 Å². The minimum atomic E-state index is 0.223. The molecule has 8 rings (SSSR count). The summed E-state index contributed by atoms with van der Waals surface area (Å²) in [5.41, 5.74) is 22.0. The molecule has 6 nitrogen and oxygen atoms in total. The third-order valence-electron chi connectivity index (χ3n) is 9.66. The molecule has 0 amide bonds. The van der Waals surface area contributed by atoms with E-state index >= 15 is 0 Å². The van der Waals surface area contributed by atoms with E-state index in [9.17, 15) is 0 Å². The van der Waals surface area contributed by atoms with E-state index in [0.29, 0.717) is 5.69 Å². The highest BCUT2D eigenvalue weighted by Gasteiger charge is 2.24. The summed E-state index contributed by atoms with van der Waals surface area (Å²) in [7, 11) is 0. The number of hydrogen-bond acceptors (Lipinski definition) is 6.